The van der Waals surface area contributed by atoms with Crippen LogP contribution in [-0.2, 0) is 4.79 Å². The predicted molar refractivity (Wildman–Crippen MR) is 118 cm³/mol. The van der Waals surface area contributed by atoms with E-state index in [-0.39, 0.29) is 5.91 Å². The van der Waals surface area contributed by atoms with E-state index in [0.717, 1.165) is 31.5 Å². The van der Waals surface area contributed by atoms with Crippen LogP contribution in [-0.4, -0.2) is 40.6 Å². The maximum atomic E-state index is 12.1. The van der Waals surface area contributed by atoms with Gasteiger partial charge in [-0.1, -0.05) is 0 Å². The summed E-state index contributed by atoms with van der Waals surface area (Å²) in [5.74, 6) is 1.76. The van der Waals surface area contributed by atoms with Crippen molar-refractivity contribution in [1.82, 2.24) is 15.0 Å². The van der Waals surface area contributed by atoms with Gasteiger partial charge in [0.25, 0.3) is 0 Å². The minimum atomic E-state index is 0.128. The first-order valence-electron chi connectivity index (χ1n) is 10.5. The Balaban J connectivity index is 1.48. The van der Waals surface area contributed by atoms with Crippen LogP contribution in [0.2, 0.25) is 0 Å². The average molecular weight is 417 g/mol. The van der Waals surface area contributed by atoms with E-state index in [1.165, 1.54) is 6.42 Å². The molecule has 0 bridgehead atoms. The van der Waals surface area contributed by atoms with E-state index in [1.807, 2.05) is 18.2 Å². The lowest BCUT2D eigenvalue weighted by atomic mass is 9.93. The smallest absolute Gasteiger partial charge is 0.231 e. The van der Waals surface area contributed by atoms with Gasteiger partial charge >= 0.3 is 0 Å². The topological polar surface area (TPSA) is 119 Å². The lowest BCUT2D eigenvalue weighted by Gasteiger charge is -2.27. The number of carbonyl (C=O) groups is 1. The highest BCUT2D eigenvalue weighted by atomic mass is 16.5. The molecule has 2 fully saturated rings. The number of amides is 1. The van der Waals surface area contributed by atoms with Gasteiger partial charge in [-0.3, -0.25) is 4.79 Å². The normalized spacial score (nSPS) is 16.3. The van der Waals surface area contributed by atoms with Crippen LogP contribution in [0.15, 0.2) is 24.4 Å². The van der Waals surface area contributed by atoms with Gasteiger partial charge in [-0.2, -0.15) is 15.2 Å². The molecule has 1 amide bonds. The standard InChI is InChI=1S/C22H23N7O2/c1-31-17-10-15(29-9-3-6-18(29)30)7-8-16(17)26-22-27-20-19(13(11-23)12-24-20)21(28-22)25-14-4-2-5-14/h7-8,10,12,14H,2-6,9H2,1H3,(H3,24,25,26,27,28). The van der Waals surface area contributed by atoms with E-state index in [2.05, 4.69) is 31.7 Å². The summed E-state index contributed by atoms with van der Waals surface area (Å²) in [7, 11) is 1.59. The first kappa shape index (κ1) is 19.2. The van der Waals surface area contributed by atoms with Gasteiger partial charge in [0.1, 0.15) is 23.3 Å². The summed E-state index contributed by atoms with van der Waals surface area (Å²) in [5.41, 5.74) is 2.62. The number of hydrogen-bond donors (Lipinski definition) is 3. The Hall–Kier alpha value is -3.80. The van der Waals surface area contributed by atoms with Crippen molar-refractivity contribution in [1.29, 1.82) is 5.26 Å². The highest BCUT2D eigenvalue weighted by Gasteiger charge is 2.24. The molecule has 1 aliphatic heterocycles. The Labute approximate surface area is 179 Å². The number of nitrogens with zero attached hydrogens (tertiary/aromatic N) is 4. The minimum Gasteiger partial charge on any atom is -0.494 e. The van der Waals surface area contributed by atoms with Crippen LogP contribution in [0.4, 0.5) is 23.1 Å². The molecule has 1 aromatic carbocycles. The van der Waals surface area contributed by atoms with Gasteiger partial charge in [-0.05, 0) is 37.8 Å². The van der Waals surface area contributed by atoms with Gasteiger partial charge < -0.3 is 25.3 Å². The molecule has 0 spiro atoms. The van der Waals surface area contributed by atoms with Gasteiger partial charge in [0.2, 0.25) is 11.9 Å². The minimum absolute atomic E-state index is 0.128. The SMILES string of the molecule is COc1cc(N2CCCC2=O)ccc1Nc1nc(NC2CCC2)c2c(C#N)c[nH]c2n1. The molecule has 2 aromatic heterocycles. The van der Waals surface area contributed by atoms with E-state index in [9.17, 15) is 10.1 Å². The van der Waals surface area contributed by atoms with Crippen LogP contribution in [0, 0.1) is 11.3 Å². The highest BCUT2D eigenvalue weighted by molar-refractivity contribution is 5.96. The molecule has 31 heavy (non-hydrogen) atoms. The number of H-pyrrole nitrogens is 1. The Morgan fingerprint density at radius 2 is 2.16 bits per heavy atom. The third kappa shape index (κ3) is 3.50. The summed E-state index contributed by atoms with van der Waals surface area (Å²) >= 11 is 0. The van der Waals surface area contributed by atoms with Crippen molar-refractivity contribution in [3.05, 3.63) is 30.0 Å². The molecular weight excluding hydrogens is 394 g/mol. The Bertz CT molecular complexity index is 1190. The second-order valence-electron chi connectivity index (χ2n) is 7.86. The quantitative estimate of drug-likeness (QED) is 0.560. The fraction of sp³-hybridized carbons (Fsp3) is 0.364. The van der Waals surface area contributed by atoms with Crippen molar-refractivity contribution in [2.24, 2.45) is 0 Å². The number of hydrogen-bond acceptors (Lipinski definition) is 7. The molecule has 3 N–H and O–H groups in total. The number of rotatable bonds is 6. The van der Waals surface area contributed by atoms with Gasteiger partial charge in [-0.15, -0.1) is 0 Å². The van der Waals surface area contributed by atoms with Crippen LogP contribution in [0.3, 0.4) is 0 Å². The first-order valence-corrected chi connectivity index (χ1v) is 10.5. The zero-order chi connectivity index (χ0) is 21.4. The van der Waals surface area contributed by atoms with Crippen LogP contribution < -0.4 is 20.3 Å². The molecule has 9 heteroatoms. The van der Waals surface area contributed by atoms with E-state index in [0.29, 0.717) is 52.3 Å². The van der Waals surface area contributed by atoms with Crippen LogP contribution in [0.1, 0.15) is 37.7 Å². The predicted octanol–water partition coefficient (Wildman–Crippen LogP) is 3.67. The van der Waals surface area contributed by atoms with Crippen molar-refractivity contribution in [2.45, 2.75) is 38.1 Å². The molecule has 5 rings (SSSR count). The zero-order valence-electron chi connectivity index (χ0n) is 17.2. The van der Waals surface area contributed by atoms with E-state index >= 15 is 0 Å². The molecule has 9 nitrogen and oxygen atoms in total. The van der Waals surface area contributed by atoms with Gasteiger partial charge in [0, 0.05) is 37.0 Å². The molecule has 3 aromatic rings. The van der Waals surface area contributed by atoms with Crippen LogP contribution in [0.25, 0.3) is 11.0 Å². The summed E-state index contributed by atoms with van der Waals surface area (Å²) in [6.07, 6.45) is 6.46. The number of aromatic amines is 1. The first-order chi connectivity index (χ1) is 15.2. The number of nitriles is 1. The van der Waals surface area contributed by atoms with Crippen LogP contribution in [0.5, 0.6) is 5.75 Å². The summed E-state index contributed by atoms with van der Waals surface area (Å²) in [6.45, 7) is 0.721. The fourth-order valence-corrected chi connectivity index (χ4v) is 4.02. The monoisotopic (exact) mass is 417 g/mol. The van der Waals surface area contributed by atoms with Gasteiger partial charge in [0.15, 0.2) is 0 Å². The Morgan fingerprint density at radius 1 is 1.29 bits per heavy atom. The summed E-state index contributed by atoms with van der Waals surface area (Å²) < 4.78 is 5.56. The van der Waals surface area contributed by atoms with Crippen molar-refractivity contribution in [3.63, 3.8) is 0 Å². The molecule has 1 saturated carbocycles. The second-order valence-corrected chi connectivity index (χ2v) is 7.86. The maximum Gasteiger partial charge on any atom is 0.231 e. The average Bonchev–Trinajstić information content (AvgIpc) is 3.36. The van der Waals surface area contributed by atoms with Crippen molar-refractivity contribution in [2.75, 3.05) is 29.2 Å². The summed E-state index contributed by atoms with van der Waals surface area (Å²) in [5, 5.41) is 16.8. The number of anilines is 4. The summed E-state index contributed by atoms with van der Waals surface area (Å²) in [6, 6.07) is 8.16. The summed E-state index contributed by atoms with van der Waals surface area (Å²) in [4.78, 5) is 26.1. The Kier molecular flexibility index (Phi) is 4.82. The van der Waals surface area contributed by atoms with Gasteiger partial charge in [0.05, 0.1) is 23.7 Å². The largest absolute Gasteiger partial charge is 0.494 e. The van der Waals surface area contributed by atoms with E-state index in [4.69, 9.17) is 4.74 Å². The number of ether oxygens (including phenoxy) is 1. The molecule has 0 unspecified atom stereocenters. The maximum absolute atomic E-state index is 12.1. The zero-order valence-corrected chi connectivity index (χ0v) is 17.2. The van der Waals surface area contributed by atoms with Crippen molar-refractivity contribution in [3.8, 4) is 11.8 Å². The van der Waals surface area contributed by atoms with Gasteiger partial charge in [-0.25, -0.2) is 0 Å². The fourth-order valence-electron chi connectivity index (χ4n) is 4.02. The molecule has 0 atom stereocenters. The third-order valence-electron chi connectivity index (χ3n) is 5.91. The van der Waals surface area contributed by atoms with Crippen LogP contribution >= 0.6 is 0 Å². The molecule has 158 valence electrons. The van der Waals surface area contributed by atoms with E-state index < -0.39 is 0 Å². The number of benzene rings is 1. The highest BCUT2D eigenvalue weighted by Crippen LogP contribution is 2.35. The Morgan fingerprint density at radius 3 is 2.84 bits per heavy atom. The molecule has 2 aliphatic rings. The molecule has 0 radical (unpaired) electrons. The number of aromatic nitrogens is 3. The second kappa shape index (κ2) is 7.80. The molecule has 3 heterocycles. The number of fused-ring (bicyclic) bond motifs is 1. The third-order valence-corrected chi connectivity index (χ3v) is 5.91. The van der Waals surface area contributed by atoms with Crippen molar-refractivity contribution < 1.29 is 9.53 Å². The lowest BCUT2D eigenvalue weighted by molar-refractivity contribution is -0.117. The van der Waals surface area contributed by atoms with Crippen molar-refractivity contribution >= 4 is 40.1 Å². The molecule has 1 aliphatic carbocycles. The number of carbonyl (C=O) groups excluding carboxylic acids is 1. The number of methoxy groups -OCH3 is 1. The van der Waals surface area contributed by atoms with E-state index in [1.54, 1.807) is 18.2 Å². The molecule has 1 saturated heterocycles. The molecular formula is C22H23N7O2. The number of nitrogens with one attached hydrogen (secondary N) is 3. The lowest BCUT2D eigenvalue weighted by Crippen LogP contribution is -2.27.